The van der Waals surface area contributed by atoms with Gasteiger partial charge < -0.3 is 9.80 Å². The fraction of sp³-hybridized carbons (Fsp3) is 0.500. The molecule has 1 saturated heterocycles. The lowest BCUT2D eigenvalue weighted by Gasteiger charge is -2.36. The van der Waals surface area contributed by atoms with Crippen molar-refractivity contribution in [3.63, 3.8) is 0 Å². The molecule has 0 radical (unpaired) electrons. The molecule has 0 unspecified atom stereocenters. The molecule has 1 aromatic rings. The summed E-state index contributed by atoms with van der Waals surface area (Å²) in [7, 11) is -4.48. The van der Waals surface area contributed by atoms with Crippen molar-refractivity contribution < 1.29 is 26.4 Å². The van der Waals surface area contributed by atoms with Gasteiger partial charge in [-0.1, -0.05) is 6.92 Å². The van der Waals surface area contributed by atoms with Gasteiger partial charge in [0.1, 0.15) is 0 Å². The molecule has 0 bridgehead atoms. The summed E-state index contributed by atoms with van der Waals surface area (Å²) in [6.07, 6.45) is -4.46. The summed E-state index contributed by atoms with van der Waals surface area (Å²) in [4.78, 5) is 14.0. The highest BCUT2D eigenvalue weighted by Gasteiger charge is 2.37. The number of sulfonamides is 1. The highest BCUT2D eigenvalue weighted by atomic mass is 32.2. The molecule has 6 nitrogen and oxygen atoms in total. The third-order valence-electron chi connectivity index (χ3n) is 3.88. The SMILES string of the molecule is CCC(=O)N1CCN(c2ccc(S(N)(=O)=O)c(C(F)(F)F)c2)CC1. The van der Waals surface area contributed by atoms with E-state index in [1.807, 2.05) is 0 Å². The van der Waals surface area contributed by atoms with Crippen LogP contribution in [0.1, 0.15) is 18.9 Å². The van der Waals surface area contributed by atoms with Gasteiger partial charge >= 0.3 is 6.18 Å². The second-order valence-electron chi connectivity index (χ2n) is 5.44. The Labute approximate surface area is 138 Å². The number of anilines is 1. The first-order chi connectivity index (χ1) is 11.0. The molecule has 0 aliphatic carbocycles. The van der Waals surface area contributed by atoms with Gasteiger partial charge in [-0.05, 0) is 18.2 Å². The Hall–Kier alpha value is -1.81. The molecule has 1 amide bonds. The second-order valence-corrected chi connectivity index (χ2v) is 6.97. The number of piperazine rings is 1. The number of nitrogens with zero attached hydrogens (tertiary/aromatic N) is 2. The van der Waals surface area contributed by atoms with E-state index < -0.39 is 26.7 Å². The van der Waals surface area contributed by atoms with Crippen molar-refractivity contribution in [3.05, 3.63) is 23.8 Å². The van der Waals surface area contributed by atoms with Gasteiger partial charge in [0.15, 0.2) is 0 Å². The lowest BCUT2D eigenvalue weighted by Crippen LogP contribution is -2.48. The minimum Gasteiger partial charge on any atom is -0.368 e. The molecule has 24 heavy (non-hydrogen) atoms. The van der Waals surface area contributed by atoms with Crippen LogP contribution in [0.3, 0.4) is 0 Å². The first kappa shape index (κ1) is 18.5. The number of hydrogen-bond donors (Lipinski definition) is 1. The number of amides is 1. The van der Waals surface area contributed by atoms with Crippen molar-refractivity contribution in [2.45, 2.75) is 24.4 Å². The Morgan fingerprint density at radius 2 is 1.79 bits per heavy atom. The van der Waals surface area contributed by atoms with Gasteiger partial charge in [0, 0.05) is 38.3 Å². The van der Waals surface area contributed by atoms with Crippen LogP contribution in [-0.4, -0.2) is 45.4 Å². The third-order valence-corrected chi connectivity index (χ3v) is 4.84. The maximum Gasteiger partial charge on any atom is 0.417 e. The molecule has 1 aliphatic rings. The Morgan fingerprint density at radius 1 is 1.21 bits per heavy atom. The Bertz CT molecular complexity index is 727. The average Bonchev–Trinajstić information content (AvgIpc) is 2.52. The molecule has 0 aromatic heterocycles. The quantitative estimate of drug-likeness (QED) is 0.878. The number of hydrogen-bond acceptors (Lipinski definition) is 4. The highest BCUT2D eigenvalue weighted by Crippen LogP contribution is 2.36. The van der Waals surface area contributed by atoms with Crippen molar-refractivity contribution in [3.8, 4) is 0 Å². The van der Waals surface area contributed by atoms with Crippen molar-refractivity contribution in [2.24, 2.45) is 5.14 Å². The van der Waals surface area contributed by atoms with Gasteiger partial charge in [0.2, 0.25) is 15.9 Å². The van der Waals surface area contributed by atoms with Crippen LogP contribution in [-0.2, 0) is 21.0 Å². The van der Waals surface area contributed by atoms with Crippen LogP contribution < -0.4 is 10.0 Å². The van der Waals surface area contributed by atoms with Crippen LogP contribution in [0.15, 0.2) is 23.1 Å². The van der Waals surface area contributed by atoms with Crippen LogP contribution in [0.25, 0.3) is 0 Å². The maximum absolute atomic E-state index is 13.1. The van der Waals surface area contributed by atoms with E-state index in [0.29, 0.717) is 32.6 Å². The van der Waals surface area contributed by atoms with E-state index in [-0.39, 0.29) is 11.6 Å². The van der Waals surface area contributed by atoms with E-state index in [0.717, 1.165) is 12.1 Å². The summed E-state index contributed by atoms with van der Waals surface area (Å²) < 4.78 is 62.2. The summed E-state index contributed by atoms with van der Waals surface area (Å²) in [5.74, 6) is -0.00444. The van der Waals surface area contributed by atoms with Gasteiger partial charge in [-0.3, -0.25) is 4.79 Å². The number of nitrogens with two attached hydrogens (primary N) is 1. The van der Waals surface area contributed by atoms with Crippen LogP contribution in [0.4, 0.5) is 18.9 Å². The fourth-order valence-electron chi connectivity index (χ4n) is 2.62. The van der Waals surface area contributed by atoms with Crippen molar-refractivity contribution in [1.29, 1.82) is 0 Å². The van der Waals surface area contributed by atoms with Gasteiger partial charge in [0.05, 0.1) is 10.5 Å². The van der Waals surface area contributed by atoms with Crippen LogP contribution in [0.2, 0.25) is 0 Å². The van der Waals surface area contributed by atoms with Crippen LogP contribution in [0.5, 0.6) is 0 Å². The summed E-state index contributed by atoms with van der Waals surface area (Å²) in [6, 6.07) is 2.96. The highest BCUT2D eigenvalue weighted by molar-refractivity contribution is 7.89. The Morgan fingerprint density at radius 3 is 2.25 bits per heavy atom. The number of halogens is 3. The van der Waals surface area contributed by atoms with E-state index in [9.17, 15) is 26.4 Å². The standard InChI is InChI=1S/C14H18F3N3O3S/c1-2-13(21)20-7-5-19(6-8-20)10-3-4-12(24(18,22)23)11(9-10)14(15,16)17/h3-4,9H,2,5-8H2,1H3,(H2,18,22,23). The average molecular weight is 365 g/mol. The zero-order valence-electron chi connectivity index (χ0n) is 13.0. The smallest absolute Gasteiger partial charge is 0.368 e. The monoisotopic (exact) mass is 365 g/mol. The molecule has 10 heteroatoms. The minimum absolute atomic E-state index is 0.00444. The summed E-state index contributed by atoms with van der Waals surface area (Å²) in [5, 5.41) is 4.86. The zero-order chi connectivity index (χ0) is 18.1. The molecule has 1 heterocycles. The Kier molecular flexibility index (Phi) is 5.09. The van der Waals surface area contributed by atoms with Crippen molar-refractivity contribution >= 4 is 21.6 Å². The molecule has 2 N–H and O–H groups in total. The normalized spacial score (nSPS) is 16.4. The van der Waals surface area contributed by atoms with E-state index in [4.69, 9.17) is 5.14 Å². The van der Waals surface area contributed by atoms with E-state index in [1.165, 1.54) is 6.07 Å². The molecule has 1 aromatic carbocycles. The molecule has 0 atom stereocenters. The number of rotatable bonds is 3. The third kappa shape index (κ3) is 3.99. The molecule has 0 saturated carbocycles. The number of alkyl halides is 3. The second kappa shape index (κ2) is 6.60. The first-order valence-corrected chi connectivity index (χ1v) is 8.85. The number of carbonyl (C=O) groups is 1. The Balaban J connectivity index is 2.29. The van der Waals surface area contributed by atoms with Crippen molar-refractivity contribution in [2.75, 3.05) is 31.1 Å². The van der Waals surface area contributed by atoms with E-state index in [2.05, 4.69) is 0 Å². The summed E-state index contributed by atoms with van der Waals surface area (Å²) in [5.41, 5.74) is -1.03. The predicted molar refractivity (Wildman–Crippen MR) is 81.9 cm³/mol. The molecule has 134 valence electrons. The minimum atomic E-state index is -4.84. The first-order valence-electron chi connectivity index (χ1n) is 7.31. The van der Waals surface area contributed by atoms with Gasteiger partial charge in [0.25, 0.3) is 0 Å². The van der Waals surface area contributed by atoms with Gasteiger partial charge in [-0.2, -0.15) is 13.2 Å². The van der Waals surface area contributed by atoms with Crippen molar-refractivity contribution in [1.82, 2.24) is 4.90 Å². The molecule has 1 aliphatic heterocycles. The van der Waals surface area contributed by atoms with E-state index >= 15 is 0 Å². The van der Waals surface area contributed by atoms with Crippen LogP contribution in [0, 0.1) is 0 Å². The lowest BCUT2D eigenvalue weighted by atomic mass is 10.1. The topological polar surface area (TPSA) is 83.7 Å². The number of benzene rings is 1. The number of primary sulfonamides is 1. The molecular formula is C14H18F3N3O3S. The molecular weight excluding hydrogens is 347 g/mol. The van der Waals surface area contributed by atoms with Crippen LogP contribution >= 0.6 is 0 Å². The molecule has 1 fully saturated rings. The fourth-order valence-corrected chi connectivity index (χ4v) is 3.36. The van der Waals surface area contributed by atoms with E-state index in [1.54, 1.807) is 16.7 Å². The summed E-state index contributed by atoms with van der Waals surface area (Å²) >= 11 is 0. The number of carbonyl (C=O) groups excluding carboxylic acids is 1. The lowest BCUT2D eigenvalue weighted by molar-refractivity contribution is -0.139. The largest absolute Gasteiger partial charge is 0.417 e. The van der Waals surface area contributed by atoms with Gasteiger partial charge in [-0.25, -0.2) is 13.6 Å². The predicted octanol–water partition coefficient (Wildman–Crippen LogP) is 1.41. The molecule has 0 spiro atoms. The summed E-state index contributed by atoms with van der Waals surface area (Å²) in [6.45, 7) is 3.31. The molecule has 2 rings (SSSR count). The maximum atomic E-state index is 13.1. The van der Waals surface area contributed by atoms with Gasteiger partial charge in [-0.15, -0.1) is 0 Å². The zero-order valence-corrected chi connectivity index (χ0v) is 13.8.